The van der Waals surface area contributed by atoms with Crippen LogP contribution in [-0.2, 0) is 17.1 Å². The molecule has 0 aliphatic heterocycles. The average Bonchev–Trinajstić information content (AvgIpc) is 2.10. The van der Waals surface area contributed by atoms with Crippen LogP contribution in [0.15, 0.2) is 23.1 Å². The van der Waals surface area contributed by atoms with Crippen molar-refractivity contribution in [2.45, 2.75) is 13.3 Å². The summed E-state index contributed by atoms with van der Waals surface area (Å²) >= 11 is 0. The molecule has 1 rings (SSSR count). The Morgan fingerprint density at radius 3 is 2.60 bits per heavy atom. The molecule has 1 aromatic rings. The first-order valence-electron chi connectivity index (χ1n) is 4.62. The molecule has 0 bridgehead atoms. The first-order chi connectivity index (χ1) is 6.94. The molecule has 0 saturated heterocycles. The second-order valence-corrected chi connectivity index (χ2v) is 5.13. The summed E-state index contributed by atoms with van der Waals surface area (Å²) in [6.07, 6.45) is 2.01. The lowest BCUT2D eigenvalue weighted by molar-refractivity contribution is 0.600. The number of aromatic nitrogens is 1. The zero-order valence-corrected chi connectivity index (χ0v) is 9.54. The molecule has 0 unspecified atom stereocenters. The van der Waals surface area contributed by atoms with Gasteiger partial charge in [-0.15, -0.1) is 0 Å². The monoisotopic (exact) mass is 230 g/mol. The van der Waals surface area contributed by atoms with Crippen LogP contribution in [0.5, 0.6) is 0 Å². The van der Waals surface area contributed by atoms with Crippen LogP contribution in [0.1, 0.15) is 13.3 Å². The molecule has 1 heterocycles. The van der Waals surface area contributed by atoms with Crippen LogP contribution in [0, 0.1) is 0 Å². The van der Waals surface area contributed by atoms with E-state index < -0.39 is 10.0 Å². The van der Waals surface area contributed by atoms with Crippen molar-refractivity contribution in [1.29, 1.82) is 0 Å². The minimum absolute atomic E-state index is 0.0792. The van der Waals surface area contributed by atoms with Crippen molar-refractivity contribution in [2.75, 3.05) is 10.5 Å². The summed E-state index contributed by atoms with van der Waals surface area (Å²) in [6, 6.07) is 2.78. The fourth-order valence-electron chi connectivity index (χ4n) is 1.15. The maximum atomic E-state index is 11.4. The molecular formula is C9H14N2O3S. The lowest BCUT2D eigenvalue weighted by Gasteiger charge is -2.07. The quantitative estimate of drug-likeness (QED) is 0.820. The van der Waals surface area contributed by atoms with E-state index in [0.717, 1.165) is 0 Å². The van der Waals surface area contributed by atoms with Crippen molar-refractivity contribution in [3.05, 3.63) is 28.7 Å². The number of nitrogens with zero attached hydrogens (tertiary/aromatic N) is 1. The van der Waals surface area contributed by atoms with Gasteiger partial charge in [-0.1, -0.05) is 6.92 Å². The summed E-state index contributed by atoms with van der Waals surface area (Å²) in [6.45, 7) is 1.79. The smallest absolute Gasteiger partial charge is 0.250 e. The van der Waals surface area contributed by atoms with Crippen molar-refractivity contribution in [2.24, 2.45) is 7.05 Å². The molecule has 0 aromatic carbocycles. The molecule has 0 atom stereocenters. The molecule has 1 N–H and O–H groups in total. The summed E-state index contributed by atoms with van der Waals surface area (Å²) < 4.78 is 26.5. The predicted octanol–water partition coefficient (Wildman–Crippen LogP) is 0.537. The molecule has 0 aliphatic carbocycles. The maximum Gasteiger partial charge on any atom is 0.250 e. The largest absolute Gasteiger partial charge is 0.316 e. The van der Waals surface area contributed by atoms with Crippen LogP contribution in [0.2, 0.25) is 0 Å². The van der Waals surface area contributed by atoms with E-state index in [2.05, 4.69) is 4.72 Å². The van der Waals surface area contributed by atoms with Gasteiger partial charge in [0.2, 0.25) is 15.6 Å². The molecule has 0 fully saturated rings. The minimum Gasteiger partial charge on any atom is -0.316 e. The third kappa shape index (κ3) is 3.39. The number of aryl methyl sites for hydroxylation is 1. The molecule has 5 nitrogen and oxygen atoms in total. The summed E-state index contributed by atoms with van der Waals surface area (Å²) in [7, 11) is -1.71. The number of nitrogens with one attached hydrogen (secondary N) is 1. The Balaban J connectivity index is 2.91. The van der Waals surface area contributed by atoms with Crippen LogP contribution >= 0.6 is 0 Å². The zero-order valence-electron chi connectivity index (χ0n) is 8.73. The Kier molecular flexibility index (Phi) is 3.52. The standard InChI is InChI=1S/C9H14N2O3S/c1-3-6-15(13,14)10-8-4-5-9(12)11(2)7-8/h4-5,7,10H,3,6H2,1-2H3. The van der Waals surface area contributed by atoms with Gasteiger partial charge in [-0.25, -0.2) is 8.42 Å². The van der Waals surface area contributed by atoms with Crippen molar-refractivity contribution >= 4 is 15.7 Å². The number of hydrogen-bond donors (Lipinski definition) is 1. The highest BCUT2D eigenvalue weighted by atomic mass is 32.2. The third-order valence-electron chi connectivity index (χ3n) is 1.83. The van der Waals surface area contributed by atoms with Crippen LogP contribution in [0.3, 0.4) is 0 Å². The topological polar surface area (TPSA) is 68.2 Å². The number of pyridine rings is 1. The molecule has 0 amide bonds. The van der Waals surface area contributed by atoms with Gasteiger partial charge in [0.15, 0.2) is 0 Å². The Morgan fingerprint density at radius 1 is 1.40 bits per heavy atom. The van der Waals surface area contributed by atoms with Crippen molar-refractivity contribution in [3.8, 4) is 0 Å². The number of hydrogen-bond acceptors (Lipinski definition) is 3. The van der Waals surface area contributed by atoms with Crippen molar-refractivity contribution in [1.82, 2.24) is 4.57 Å². The highest BCUT2D eigenvalue weighted by molar-refractivity contribution is 7.92. The average molecular weight is 230 g/mol. The fourth-order valence-corrected chi connectivity index (χ4v) is 2.27. The van der Waals surface area contributed by atoms with Gasteiger partial charge < -0.3 is 4.57 Å². The van der Waals surface area contributed by atoms with Crippen molar-refractivity contribution in [3.63, 3.8) is 0 Å². The second-order valence-electron chi connectivity index (χ2n) is 3.29. The van der Waals surface area contributed by atoms with Crippen LogP contribution < -0.4 is 10.3 Å². The van der Waals surface area contributed by atoms with Gasteiger partial charge in [-0.2, -0.15) is 0 Å². The van der Waals surface area contributed by atoms with Gasteiger partial charge in [0, 0.05) is 19.3 Å². The van der Waals surface area contributed by atoms with E-state index in [-0.39, 0.29) is 11.3 Å². The normalized spacial score (nSPS) is 11.3. The van der Waals surface area contributed by atoms with Gasteiger partial charge in [0.1, 0.15) is 0 Å². The molecule has 84 valence electrons. The number of rotatable bonds is 4. The van der Waals surface area contributed by atoms with Crippen LogP contribution in [0.4, 0.5) is 5.69 Å². The third-order valence-corrected chi connectivity index (χ3v) is 3.32. The summed E-state index contributed by atoms with van der Waals surface area (Å²) in [4.78, 5) is 11.0. The Morgan fingerprint density at radius 2 is 2.07 bits per heavy atom. The zero-order chi connectivity index (χ0) is 11.5. The molecule has 0 radical (unpaired) electrons. The summed E-state index contributed by atoms with van der Waals surface area (Å²) in [5, 5.41) is 0. The molecule has 0 aliphatic rings. The molecular weight excluding hydrogens is 216 g/mol. The number of anilines is 1. The summed E-state index contributed by atoms with van der Waals surface area (Å²) in [5.74, 6) is 0.0792. The van der Waals surface area contributed by atoms with Crippen LogP contribution in [0.25, 0.3) is 0 Å². The first-order valence-corrected chi connectivity index (χ1v) is 6.27. The highest BCUT2D eigenvalue weighted by Gasteiger charge is 2.08. The molecule has 0 saturated carbocycles. The van der Waals surface area contributed by atoms with Gasteiger partial charge in [0.05, 0.1) is 11.4 Å². The SMILES string of the molecule is CCCS(=O)(=O)Nc1ccc(=O)n(C)c1. The molecule has 15 heavy (non-hydrogen) atoms. The summed E-state index contributed by atoms with van der Waals surface area (Å²) in [5.41, 5.74) is 0.235. The van der Waals surface area contributed by atoms with Crippen molar-refractivity contribution < 1.29 is 8.42 Å². The lowest BCUT2D eigenvalue weighted by atomic mass is 10.4. The van der Waals surface area contributed by atoms with Gasteiger partial charge in [-0.05, 0) is 12.5 Å². The van der Waals surface area contributed by atoms with E-state index in [0.29, 0.717) is 12.1 Å². The first kappa shape index (κ1) is 11.8. The maximum absolute atomic E-state index is 11.4. The van der Waals surface area contributed by atoms with E-state index in [1.165, 1.54) is 22.9 Å². The van der Waals surface area contributed by atoms with E-state index in [4.69, 9.17) is 0 Å². The molecule has 6 heteroatoms. The Labute approximate surface area is 88.8 Å². The fraction of sp³-hybridized carbons (Fsp3) is 0.444. The van der Waals surface area contributed by atoms with E-state index in [1.807, 2.05) is 0 Å². The van der Waals surface area contributed by atoms with Gasteiger partial charge >= 0.3 is 0 Å². The minimum atomic E-state index is -3.28. The Bertz CT molecular complexity index is 490. The van der Waals surface area contributed by atoms with E-state index in [9.17, 15) is 13.2 Å². The van der Waals surface area contributed by atoms with E-state index in [1.54, 1.807) is 14.0 Å². The van der Waals surface area contributed by atoms with Gasteiger partial charge in [0.25, 0.3) is 0 Å². The lowest BCUT2D eigenvalue weighted by Crippen LogP contribution is -2.19. The number of sulfonamides is 1. The predicted molar refractivity (Wildman–Crippen MR) is 59.4 cm³/mol. The molecule has 0 spiro atoms. The Hall–Kier alpha value is -1.30. The van der Waals surface area contributed by atoms with Gasteiger partial charge in [-0.3, -0.25) is 9.52 Å². The molecule has 1 aromatic heterocycles. The van der Waals surface area contributed by atoms with Crippen LogP contribution in [-0.4, -0.2) is 18.7 Å². The highest BCUT2D eigenvalue weighted by Crippen LogP contribution is 2.06. The van der Waals surface area contributed by atoms with E-state index >= 15 is 0 Å². The second kappa shape index (κ2) is 4.48.